The molecule has 1 aromatic heterocycles. The van der Waals surface area contributed by atoms with E-state index in [4.69, 9.17) is 4.42 Å². The highest BCUT2D eigenvalue weighted by molar-refractivity contribution is 6.04. The number of anilines is 1. The molecule has 152 valence electrons. The van der Waals surface area contributed by atoms with Crippen LogP contribution in [0.2, 0.25) is 0 Å². The number of carbonyl (C=O) groups is 1. The molecule has 0 radical (unpaired) electrons. The predicted molar refractivity (Wildman–Crippen MR) is 119 cm³/mol. The van der Waals surface area contributed by atoms with Crippen LogP contribution in [-0.2, 0) is 4.79 Å². The van der Waals surface area contributed by atoms with E-state index >= 15 is 4.39 Å². The third-order valence-corrected chi connectivity index (χ3v) is 6.50. The molecule has 1 aliphatic carbocycles. The van der Waals surface area contributed by atoms with E-state index < -0.39 is 5.92 Å². The van der Waals surface area contributed by atoms with Crippen LogP contribution in [0.25, 0.3) is 10.8 Å². The molecule has 3 aromatic carbocycles. The Morgan fingerprint density at radius 1 is 0.903 bits per heavy atom. The van der Waals surface area contributed by atoms with Crippen molar-refractivity contribution in [1.29, 1.82) is 0 Å². The lowest BCUT2D eigenvalue weighted by atomic mass is 9.71. The highest BCUT2D eigenvalue weighted by Crippen LogP contribution is 2.50. The summed E-state index contributed by atoms with van der Waals surface area (Å²) in [6.45, 7) is 0. The monoisotopic (exact) mass is 409 g/mol. The molecule has 2 aliphatic rings. The van der Waals surface area contributed by atoms with E-state index in [9.17, 15) is 4.79 Å². The molecule has 3 nitrogen and oxygen atoms in total. The molecule has 31 heavy (non-hydrogen) atoms. The first-order valence-electron chi connectivity index (χ1n) is 10.5. The summed E-state index contributed by atoms with van der Waals surface area (Å²) in [5.74, 6) is 0.108. The van der Waals surface area contributed by atoms with E-state index in [-0.39, 0.29) is 17.5 Å². The molecule has 2 atom stereocenters. The number of ketones is 1. The van der Waals surface area contributed by atoms with Crippen molar-refractivity contribution in [2.75, 3.05) is 5.32 Å². The van der Waals surface area contributed by atoms with Gasteiger partial charge in [-0.25, -0.2) is 4.39 Å². The summed E-state index contributed by atoms with van der Waals surface area (Å²) in [6.07, 6.45) is 2.66. The molecule has 4 heteroatoms. The van der Waals surface area contributed by atoms with Gasteiger partial charge in [0.25, 0.3) is 0 Å². The number of nitrogens with one attached hydrogen (secondary N) is 1. The number of halogens is 1. The molecular formula is C27H20FNO2. The number of furan rings is 1. The first-order valence-corrected chi connectivity index (χ1v) is 10.5. The summed E-state index contributed by atoms with van der Waals surface area (Å²) in [6, 6.07) is 22.8. The summed E-state index contributed by atoms with van der Waals surface area (Å²) in [7, 11) is 0. The van der Waals surface area contributed by atoms with Gasteiger partial charge in [-0.2, -0.15) is 0 Å². The van der Waals surface area contributed by atoms with E-state index in [2.05, 4.69) is 11.4 Å². The first kappa shape index (κ1) is 18.1. The van der Waals surface area contributed by atoms with Crippen molar-refractivity contribution in [2.45, 2.75) is 24.7 Å². The van der Waals surface area contributed by atoms with Gasteiger partial charge < -0.3 is 9.73 Å². The Balaban J connectivity index is 1.60. The zero-order valence-electron chi connectivity index (χ0n) is 16.8. The standard InChI is InChI=1S/C27H20FNO2/c28-20-9-4-3-8-19(20)26-25-18-7-2-1-6-16(18)11-12-21(25)29-22-14-17(15-23(30)27(22)26)24-10-5-13-31-24/h1-13,17,26,29H,14-15H2/t17-,26-/m1/s1. The van der Waals surface area contributed by atoms with Crippen molar-refractivity contribution >= 4 is 22.2 Å². The SMILES string of the molecule is O=C1C[C@H](c2ccco2)CC2=C1[C@H](c1ccccc1F)c1c(ccc3ccccc13)N2. The van der Waals surface area contributed by atoms with E-state index in [0.29, 0.717) is 24.0 Å². The highest BCUT2D eigenvalue weighted by Gasteiger charge is 2.40. The molecule has 0 unspecified atom stereocenters. The molecule has 0 saturated heterocycles. The van der Waals surface area contributed by atoms with Crippen LogP contribution in [0.5, 0.6) is 0 Å². The average Bonchev–Trinajstić information content (AvgIpc) is 3.33. The van der Waals surface area contributed by atoms with Crippen LogP contribution in [0.1, 0.15) is 41.6 Å². The van der Waals surface area contributed by atoms with Gasteiger partial charge in [0.2, 0.25) is 0 Å². The van der Waals surface area contributed by atoms with Crippen LogP contribution in [0.15, 0.2) is 94.7 Å². The zero-order chi connectivity index (χ0) is 20.9. The van der Waals surface area contributed by atoms with Gasteiger partial charge in [0.1, 0.15) is 11.6 Å². The fraction of sp³-hybridized carbons (Fsp3) is 0.148. The highest BCUT2D eigenvalue weighted by atomic mass is 19.1. The molecule has 0 saturated carbocycles. The predicted octanol–water partition coefficient (Wildman–Crippen LogP) is 6.53. The summed E-state index contributed by atoms with van der Waals surface area (Å²) in [5.41, 5.74) is 3.98. The Morgan fingerprint density at radius 3 is 2.58 bits per heavy atom. The summed E-state index contributed by atoms with van der Waals surface area (Å²) in [5, 5.41) is 5.64. The van der Waals surface area contributed by atoms with Crippen LogP contribution in [0.4, 0.5) is 10.1 Å². The minimum atomic E-state index is -0.441. The summed E-state index contributed by atoms with van der Waals surface area (Å²) in [4.78, 5) is 13.5. The van der Waals surface area contributed by atoms with Crippen molar-refractivity contribution in [2.24, 2.45) is 0 Å². The lowest BCUT2D eigenvalue weighted by Crippen LogP contribution is -2.30. The zero-order valence-corrected chi connectivity index (χ0v) is 16.8. The van der Waals surface area contributed by atoms with Crippen LogP contribution in [-0.4, -0.2) is 5.78 Å². The molecule has 0 amide bonds. The Kier molecular flexibility index (Phi) is 4.06. The smallest absolute Gasteiger partial charge is 0.162 e. The molecule has 0 fully saturated rings. The Labute approximate surface area is 179 Å². The van der Waals surface area contributed by atoms with Crippen molar-refractivity contribution < 1.29 is 13.6 Å². The second kappa shape index (κ2) is 6.95. The van der Waals surface area contributed by atoms with Crippen molar-refractivity contribution in [3.05, 3.63) is 113 Å². The van der Waals surface area contributed by atoms with E-state index in [1.54, 1.807) is 18.4 Å². The Bertz CT molecular complexity index is 1350. The van der Waals surface area contributed by atoms with Gasteiger partial charge in [0, 0.05) is 40.8 Å². The second-order valence-corrected chi connectivity index (χ2v) is 8.26. The fourth-order valence-corrected chi connectivity index (χ4v) is 5.15. The van der Waals surface area contributed by atoms with E-state index in [1.165, 1.54) is 6.07 Å². The second-order valence-electron chi connectivity index (χ2n) is 8.26. The number of fused-ring (bicyclic) bond motifs is 3. The number of hydrogen-bond donors (Lipinski definition) is 1. The normalized spacial score (nSPS) is 20.4. The van der Waals surface area contributed by atoms with Crippen LogP contribution < -0.4 is 5.32 Å². The third-order valence-electron chi connectivity index (χ3n) is 6.50. The molecule has 2 heterocycles. The van der Waals surface area contributed by atoms with Gasteiger partial charge in [-0.15, -0.1) is 0 Å². The molecule has 1 aliphatic heterocycles. The number of hydrogen-bond acceptors (Lipinski definition) is 3. The maximum atomic E-state index is 15.1. The van der Waals surface area contributed by atoms with Gasteiger partial charge in [-0.3, -0.25) is 4.79 Å². The van der Waals surface area contributed by atoms with Crippen LogP contribution in [0.3, 0.4) is 0 Å². The average molecular weight is 409 g/mol. The van der Waals surface area contributed by atoms with Gasteiger partial charge in [-0.1, -0.05) is 48.5 Å². The maximum Gasteiger partial charge on any atom is 0.162 e. The van der Waals surface area contributed by atoms with Crippen molar-refractivity contribution in [3.8, 4) is 0 Å². The van der Waals surface area contributed by atoms with Crippen molar-refractivity contribution in [3.63, 3.8) is 0 Å². The number of benzene rings is 3. The van der Waals surface area contributed by atoms with Crippen LogP contribution in [0, 0.1) is 5.82 Å². The van der Waals surface area contributed by atoms with Gasteiger partial charge in [0.05, 0.1) is 6.26 Å². The fourth-order valence-electron chi connectivity index (χ4n) is 5.15. The van der Waals surface area contributed by atoms with E-state index in [0.717, 1.165) is 33.5 Å². The third kappa shape index (κ3) is 2.82. The van der Waals surface area contributed by atoms with Gasteiger partial charge >= 0.3 is 0 Å². The quantitative estimate of drug-likeness (QED) is 0.409. The summed E-state index contributed by atoms with van der Waals surface area (Å²) >= 11 is 0. The molecule has 6 rings (SSSR count). The minimum Gasteiger partial charge on any atom is -0.469 e. The Hall–Kier alpha value is -3.66. The Morgan fingerprint density at radius 2 is 1.74 bits per heavy atom. The van der Waals surface area contributed by atoms with Crippen molar-refractivity contribution in [1.82, 2.24) is 0 Å². The van der Waals surface area contributed by atoms with Crippen LogP contribution >= 0.6 is 0 Å². The topological polar surface area (TPSA) is 42.2 Å². The number of carbonyl (C=O) groups excluding carboxylic acids is 1. The largest absolute Gasteiger partial charge is 0.469 e. The lowest BCUT2D eigenvalue weighted by Gasteiger charge is -2.37. The maximum absolute atomic E-state index is 15.1. The number of Topliss-reactive ketones (excluding diaryl/α,β-unsaturated/α-hetero) is 1. The molecule has 0 bridgehead atoms. The minimum absolute atomic E-state index is 0.0166. The van der Waals surface area contributed by atoms with Gasteiger partial charge in [-0.05, 0) is 47.0 Å². The van der Waals surface area contributed by atoms with E-state index in [1.807, 2.05) is 48.5 Å². The summed E-state index contributed by atoms with van der Waals surface area (Å²) < 4.78 is 20.7. The molecule has 4 aromatic rings. The number of rotatable bonds is 2. The molecule has 0 spiro atoms. The molecule has 1 N–H and O–H groups in total. The number of allylic oxidation sites excluding steroid dienone is 2. The lowest BCUT2D eigenvalue weighted by molar-refractivity contribution is -0.116. The molecular weight excluding hydrogens is 389 g/mol. The first-order chi connectivity index (χ1) is 15.2. The van der Waals surface area contributed by atoms with Gasteiger partial charge in [0.15, 0.2) is 5.78 Å².